The molecule has 1 aromatic rings. The van der Waals surface area contributed by atoms with E-state index in [1.165, 1.54) is 0 Å². The maximum absolute atomic E-state index is 12.0. The molecular weight excluding hydrogens is 206 g/mol. The Kier molecular flexibility index (Phi) is 3.10. The van der Waals surface area contributed by atoms with E-state index in [-0.39, 0.29) is 11.7 Å². The van der Waals surface area contributed by atoms with Crippen molar-refractivity contribution in [2.24, 2.45) is 5.92 Å². The van der Waals surface area contributed by atoms with Crippen LogP contribution in [0.15, 0.2) is 18.2 Å². The van der Waals surface area contributed by atoms with Crippen LogP contribution in [0.1, 0.15) is 10.4 Å². The van der Waals surface area contributed by atoms with E-state index in [1.807, 2.05) is 0 Å². The Labute approximate surface area is 94.6 Å². The van der Waals surface area contributed by atoms with Crippen molar-refractivity contribution >= 4 is 5.78 Å². The summed E-state index contributed by atoms with van der Waals surface area (Å²) < 4.78 is 10.3. The monoisotopic (exact) mass is 221 g/mol. The fourth-order valence-corrected chi connectivity index (χ4v) is 1.70. The number of carbonyl (C=O) groups is 1. The summed E-state index contributed by atoms with van der Waals surface area (Å²) in [5.74, 6) is 1.50. The fraction of sp³-hybridized carbons (Fsp3) is 0.417. The summed E-state index contributed by atoms with van der Waals surface area (Å²) in [5.41, 5.74) is 0.634. The van der Waals surface area contributed by atoms with Crippen molar-refractivity contribution < 1.29 is 14.3 Å². The number of nitrogens with one attached hydrogen (secondary N) is 1. The van der Waals surface area contributed by atoms with Gasteiger partial charge >= 0.3 is 0 Å². The van der Waals surface area contributed by atoms with Crippen LogP contribution in [-0.2, 0) is 0 Å². The molecule has 2 rings (SSSR count). The molecule has 0 spiro atoms. The summed E-state index contributed by atoms with van der Waals surface area (Å²) in [6.45, 7) is 1.52. The van der Waals surface area contributed by atoms with Crippen LogP contribution in [0.5, 0.6) is 11.5 Å². The van der Waals surface area contributed by atoms with Gasteiger partial charge in [0.15, 0.2) is 5.78 Å². The number of ether oxygens (including phenoxy) is 2. The van der Waals surface area contributed by atoms with Gasteiger partial charge in [0.2, 0.25) is 0 Å². The van der Waals surface area contributed by atoms with Crippen LogP contribution in [0.25, 0.3) is 0 Å². The van der Waals surface area contributed by atoms with Crippen LogP contribution in [0.2, 0.25) is 0 Å². The topological polar surface area (TPSA) is 47.6 Å². The minimum Gasteiger partial charge on any atom is -0.497 e. The van der Waals surface area contributed by atoms with Gasteiger partial charge in [-0.05, 0) is 12.1 Å². The van der Waals surface area contributed by atoms with Crippen molar-refractivity contribution in [3.8, 4) is 11.5 Å². The lowest BCUT2D eigenvalue weighted by Crippen LogP contribution is -2.46. The molecule has 0 aliphatic carbocycles. The maximum atomic E-state index is 12.0. The minimum atomic E-state index is 0.0855. The van der Waals surface area contributed by atoms with E-state index >= 15 is 0 Å². The van der Waals surface area contributed by atoms with E-state index in [4.69, 9.17) is 9.47 Å². The molecule has 4 nitrogen and oxygen atoms in total. The first kappa shape index (κ1) is 11.0. The minimum absolute atomic E-state index is 0.0855. The van der Waals surface area contributed by atoms with Crippen molar-refractivity contribution in [1.82, 2.24) is 5.32 Å². The first-order valence-electron chi connectivity index (χ1n) is 5.23. The lowest BCUT2D eigenvalue weighted by molar-refractivity contribution is 0.0875. The largest absolute Gasteiger partial charge is 0.497 e. The molecular formula is C12H15NO3. The number of hydrogen-bond donors (Lipinski definition) is 1. The molecule has 16 heavy (non-hydrogen) atoms. The number of Topliss-reactive ketones (excluding diaryl/α,β-unsaturated/α-hetero) is 1. The van der Waals surface area contributed by atoms with Gasteiger partial charge in [0.25, 0.3) is 0 Å². The molecule has 0 saturated carbocycles. The first-order chi connectivity index (χ1) is 7.76. The second-order valence-corrected chi connectivity index (χ2v) is 3.79. The summed E-state index contributed by atoms with van der Waals surface area (Å²) in [5, 5.41) is 3.09. The van der Waals surface area contributed by atoms with Crippen LogP contribution < -0.4 is 14.8 Å². The third kappa shape index (κ3) is 1.88. The van der Waals surface area contributed by atoms with Crippen LogP contribution in [0.4, 0.5) is 0 Å². The lowest BCUT2D eigenvalue weighted by atomic mass is 9.92. The van der Waals surface area contributed by atoms with E-state index in [2.05, 4.69) is 5.32 Å². The predicted molar refractivity (Wildman–Crippen MR) is 60.2 cm³/mol. The molecule has 1 aliphatic rings. The average molecular weight is 221 g/mol. The molecule has 1 saturated heterocycles. The molecule has 0 bridgehead atoms. The van der Waals surface area contributed by atoms with E-state index in [1.54, 1.807) is 32.4 Å². The number of benzene rings is 1. The summed E-state index contributed by atoms with van der Waals surface area (Å²) >= 11 is 0. The Bertz CT molecular complexity index is 399. The lowest BCUT2D eigenvalue weighted by Gasteiger charge is -2.26. The highest BCUT2D eigenvalue weighted by atomic mass is 16.5. The Morgan fingerprint density at radius 2 is 2.06 bits per heavy atom. The molecule has 0 unspecified atom stereocenters. The van der Waals surface area contributed by atoms with Crippen molar-refractivity contribution in [3.05, 3.63) is 23.8 Å². The number of rotatable bonds is 4. The Balaban J connectivity index is 2.28. The third-order valence-electron chi connectivity index (χ3n) is 2.83. The summed E-state index contributed by atoms with van der Waals surface area (Å²) in [6, 6.07) is 5.28. The first-order valence-corrected chi connectivity index (χ1v) is 5.23. The highest BCUT2D eigenvalue weighted by molar-refractivity contribution is 6.01. The van der Waals surface area contributed by atoms with Crippen LogP contribution in [0.3, 0.4) is 0 Å². The van der Waals surface area contributed by atoms with E-state index in [0.717, 1.165) is 13.1 Å². The van der Waals surface area contributed by atoms with Crippen LogP contribution >= 0.6 is 0 Å². The quantitative estimate of drug-likeness (QED) is 0.774. The summed E-state index contributed by atoms with van der Waals surface area (Å²) in [6.07, 6.45) is 0. The maximum Gasteiger partial charge on any atom is 0.172 e. The predicted octanol–water partition coefficient (Wildman–Crippen LogP) is 1.11. The number of ketones is 1. The van der Waals surface area contributed by atoms with E-state index in [9.17, 15) is 4.79 Å². The number of hydrogen-bond acceptors (Lipinski definition) is 4. The van der Waals surface area contributed by atoms with Crippen molar-refractivity contribution in [2.45, 2.75) is 0 Å². The third-order valence-corrected chi connectivity index (χ3v) is 2.83. The van der Waals surface area contributed by atoms with Crippen molar-refractivity contribution in [3.63, 3.8) is 0 Å². The zero-order valence-electron chi connectivity index (χ0n) is 9.45. The second-order valence-electron chi connectivity index (χ2n) is 3.79. The van der Waals surface area contributed by atoms with Gasteiger partial charge < -0.3 is 14.8 Å². The molecule has 0 amide bonds. The van der Waals surface area contributed by atoms with Crippen LogP contribution in [-0.4, -0.2) is 33.1 Å². The highest BCUT2D eigenvalue weighted by Gasteiger charge is 2.27. The van der Waals surface area contributed by atoms with Gasteiger partial charge in [-0.25, -0.2) is 0 Å². The second kappa shape index (κ2) is 4.53. The average Bonchev–Trinajstić information content (AvgIpc) is 2.25. The Morgan fingerprint density at radius 1 is 1.31 bits per heavy atom. The molecule has 1 heterocycles. The zero-order valence-corrected chi connectivity index (χ0v) is 9.45. The van der Waals surface area contributed by atoms with Gasteiger partial charge in [0.05, 0.1) is 19.8 Å². The molecule has 4 heteroatoms. The smallest absolute Gasteiger partial charge is 0.172 e. The standard InChI is InChI=1S/C12H15NO3/c1-15-9-3-4-10(11(5-9)16-2)12(14)8-6-13-7-8/h3-5,8,13H,6-7H2,1-2H3. The molecule has 0 radical (unpaired) electrons. The van der Waals surface area contributed by atoms with Gasteiger partial charge in [0, 0.05) is 25.1 Å². The van der Waals surface area contributed by atoms with Gasteiger partial charge in [-0.2, -0.15) is 0 Å². The number of methoxy groups -OCH3 is 2. The summed E-state index contributed by atoms with van der Waals surface area (Å²) in [7, 11) is 3.15. The fourth-order valence-electron chi connectivity index (χ4n) is 1.70. The normalized spacial score (nSPS) is 15.4. The van der Waals surface area contributed by atoms with Gasteiger partial charge in [-0.15, -0.1) is 0 Å². The summed E-state index contributed by atoms with van der Waals surface area (Å²) in [4.78, 5) is 12.0. The molecule has 1 fully saturated rings. The Hall–Kier alpha value is -1.55. The SMILES string of the molecule is COc1ccc(C(=O)C2CNC2)c(OC)c1. The van der Waals surface area contributed by atoms with Crippen molar-refractivity contribution in [2.75, 3.05) is 27.3 Å². The van der Waals surface area contributed by atoms with Gasteiger partial charge in [-0.1, -0.05) is 0 Å². The molecule has 86 valence electrons. The molecule has 0 atom stereocenters. The Morgan fingerprint density at radius 3 is 2.56 bits per heavy atom. The molecule has 0 aromatic heterocycles. The zero-order chi connectivity index (χ0) is 11.5. The van der Waals surface area contributed by atoms with Crippen LogP contribution in [0, 0.1) is 5.92 Å². The van der Waals surface area contributed by atoms with Gasteiger partial charge in [0.1, 0.15) is 11.5 Å². The highest BCUT2D eigenvalue weighted by Crippen LogP contribution is 2.27. The molecule has 1 N–H and O–H groups in total. The van der Waals surface area contributed by atoms with E-state index in [0.29, 0.717) is 17.1 Å². The van der Waals surface area contributed by atoms with E-state index < -0.39 is 0 Å². The van der Waals surface area contributed by atoms with Gasteiger partial charge in [-0.3, -0.25) is 4.79 Å². The molecule has 1 aromatic carbocycles. The number of carbonyl (C=O) groups excluding carboxylic acids is 1. The van der Waals surface area contributed by atoms with Crippen molar-refractivity contribution in [1.29, 1.82) is 0 Å². The molecule has 1 aliphatic heterocycles.